The number of nitrogens with zero attached hydrogens (tertiary/aromatic N) is 1. The van der Waals surface area contributed by atoms with Crippen LogP contribution in [0, 0.1) is 0 Å². The molecular weight excluding hydrogens is 249 g/mol. The van der Waals surface area contributed by atoms with Gasteiger partial charge in [-0.1, -0.05) is 0 Å². The van der Waals surface area contributed by atoms with Crippen molar-refractivity contribution in [2.75, 3.05) is 0 Å². The Balaban J connectivity index is 2.93. The molecule has 0 amide bonds. The standard InChI is InChI=1S/C6H3F7N2O/c7-4(8,5(9,10)11)6(12,13)16-3-1-2-14-15-3/h1-2H,(H,14,15). The van der Waals surface area contributed by atoms with Crippen molar-refractivity contribution in [3.05, 3.63) is 12.3 Å². The first-order valence-electron chi connectivity index (χ1n) is 3.58. The molecule has 0 spiro atoms. The van der Waals surface area contributed by atoms with Gasteiger partial charge < -0.3 is 4.74 Å². The lowest BCUT2D eigenvalue weighted by molar-refractivity contribution is -0.403. The topological polar surface area (TPSA) is 37.9 Å². The summed E-state index contributed by atoms with van der Waals surface area (Å²) in [4.78, 5) is 0. The highest BCUT2D eigenvalue weighted by atomic mass is 19.4. The zero-order valence-electron chi connectivity index (χ0n) is 7.16. The number of nitrogens with one attached hydrogen (secondary N) is 1. The molecule has 1 aromatic rings. The third-order valence-corrected chi connectivity index (χ3v) is 1.43. The van der Waals surface area contributed by atoms with E-state index < -0.39 is 24.1 Å². The summed E-state index contributed by atoms with van der Waals surface area (Å²) in [5, 5.41) is 4.70. The van der Waals surface area contributed by atoms with E-state index in [4.69, 9.17) is 0 Å². The maximum atomic E-state index is 12.5. The van der Waals surface area contributed by atoms with E-state index in [-0.39, 0.29) is 0 Å². The number of aromatic amines is 1. The molecule has 0 bridgehead atoms. The zero-order chi connectivity index (χ0) is 12.6. The first-order chi connectivity index (χ1) is 7.08. The van der Waals surface area contributed by atoms with E-state index in [9.17, 15) is 30.7 Å². The van der Waals surface area contributed by atoms with Gasteiger partial charge in [-0.15, -0.1) is 0 Å². The van der Waals surface area contributed by atoms with Crippen LogP contribution in [0.4, 0.5) is 30.7 Å². The zero-order valence-corrected chi connectivity index (χ0v) is 7.16. The number of aromatic nitrogens is 2. The molecule has 1 rings (SSSR count). The molecule has 10 heteroatoms. The smallest absolute Gasteiger partial charge is 0.410 e. The van der Waals surface area contributed by atoms with E-state index in [1.54, 1.807) is 5.10 Å². The van der Waals surface area contributed by atoms with Crippen molar-refractivity contribution in [3.63, 3.8) is 0 Å². The normalized spacial score (nSPS) is 13.9. The van der Waals surface area contributed by atoms with E-state index in [0.29, 0.717) is 6.07 Å². The summed E-state index contributed by atoms with van der Waals surface area (Å²) in [6.07, 6.45) is -11.3. The second-order valence-corrected chi connectivity index (χ2v) is 2.61. The molecule has 0 aromatic carbocycles. The van der Waals surface area contributed by atoms with Gasteiger partial charge in [0.15, 0.2) is 0 Å². The van der Waals surface area contributed by atoms with E-state index in [1.807, 2.05) is 0 Å². The molecule has 1 aromatic heterocycles. The molecule has 0 saturated carbocycles. The minimum Gasteiger partial charge on any atom is -0.410 e. The lowest BCUT2D eigenvalue weighted by Gasteiger charge is -2.26. The molecule has 0 unspecified atom stereocenters. The highest BCUT2D eigenvalue weighted by Crippen LogP contribution is 2.46. The second kappa shape index (κ2) is 3.52. The molecule has 0 aliphatic heterocycles. The van der Waals surface area contributed by atoms with E-state index >= 15 is 0 Å². The average molecular weight is 252 g/mol. The van der Waals surface area contributed by atoms with E-state index in [0.717, 1.165) is 6.20 Å². The third kappa shape index (κ3) is 2.04. The summed E-state index contributed by atoms with van der Waals surface area (Å²) in [5.74, 6) is -7.31. The van der Waals surface area contributed by atoms with Crippen LogP contribution in [-0.4, -0.2) is 28.4 Å². The summed E-state index contributed by atoms with van der Waals surface area (Å²) in [7, 11) is 0. The van der Waals surface area contributed by atoms with Gasteiger partial charge in [0.1, 0.15) is 0 Å². The Morgan fingerprint density at radius 2 is 1.62 bits per heavy atom. The minimum atomic E-state index is -6.42. The Morgan fingerprint density at radius 1 is 1.06 bits per heavy atom. The number of rotatable bonds is 3. The lowest BCUT2D eigenvalue weighted by atomic mass is 10.3. The molecule has 16 heavy (non-hydrogen) atoms. The van der Waals surface area contributed by atoms with Crippen LogP contribution >= 0.6 is 0 Å². The Labute approximate surface area is 83.2 Å². The van der Waals surface area contributed by atoms with Gasteiger partial charge in [0.05, 0.1) is 6.20 Å². The van der Waals surface area contributed by atoms with Crippen LogP contribution in [0.2, 0.25) is 0 Å². The quantitative estimate of drug-likeness (QED) is 0.839. The van der Waals surface area contributed by atoms with Gasteiger partial charge in [0.2, 0.25) is 5.88 Å². The summed E-state index contributed by atoms with van der Waals surface area (Å²) in [6.45, 7) is 0. The maximum Gasteiger partial charge on any atom is 0.475 e. The molecule has 92 valence electrons. The number of hydrogen-bond acceptors (Lipinski definition) is 2. The Morgan fingerprint density at radius 3 is 2.00 bits per heavy atom. The summed E-state index contributed by atoms with van der Waals surface area (Å²) < 4.78 is 87.7. The van der Waals surface area contributed by atoms with Crippen molar-refractivity contribution >= 4 is 0 Å². The molecule has 0 saturated heterocycles. The number of H-pyrrole nitrogens is 1. The molecule has 0 aliphatic carbocycles. The second-order valence-electron chi connectivity index (χ2n) is 2.61. The van der Waals surface area contributed by atoms with Crippen LogP contribution < -0.4 is 4.74 Å². The van der Waals surface area contributed by atoms with Crippen LogP contribution in [0.15, 0.2) is 12.3 Å². The highest BCUT2D eigenvalue weighted by Gasteiger charge is 2.75. The molecular formula is C6H3F7N2O. The monoisotopic (exact) mass is 252 g/mol. The van der Waals surface area contributed by atoms with E-state index in [2.05, 4.69) is 9.84 Å². The molecule has 0 fully saturated rings. The molecule has 1 N–H and O–H groups in total. The first-order valence-corrected chi connectivity index (χ1v) is 3.58. The molecule has 0 atom stereocenters. The predicted octanol–water partition coefficient (Wildman–Crippen LogP) is 2.58. The average Bonchev–Trinajstić information content (AvgIpc) is 2.53. The lowest BCUT2D eigenvalue weighted by Crippen LogP contribution is -2.55. The first kappa shape index (κ1) is 12.6. The Hall–Kier alpha value is -1.48. The molecule has 1 heterocycles. The van der Waals surface area contributed by atoms with Crippen LogP contribution in [-0.2, 0) is 0 Å². The van der Waals surface area contributed by atoms with Crippen molar-refractivity contribution in [1.82, 2.24) is 10.2 Å². The fraction of sp³-hybridized carbons (Fsp3) is 0.500. The SMILES string of the molecule is FC(F)(F)C(F)(F)C(F)(F)Oc1ccn[nH]1. The van der Waals surface area contributed by atoms with Crippen LogP contribution in [0.3, 0.4) is 0 Å². The van der Waals surface area contributed by atoms with E-state index in [1.165, 1.54) is 0 Å². The van der Waals surface area contributed by atoms with Crippen LogP contribution in [0.5, 0.6) is 5.88 Å². The van der Waals surface area contributed by atoms with Gasteiger partial charge in [-0.05, 0) is 0 Å². The van der Waals surface area contributed by atoms with Gasteiger partial charge in [-0.25, -0.2) is 5.10 Å². The van der Waals surface area contributed by atoms with Crippen molar-refractivity contribution in [2.45, 2.75) is 18.2 Å². The number of hydrogen-bond donors (Lipinski definition) is 1. The van der Waals surface area contributed by atoms with Gasteiger partial charge in [0.25, 0.3) is 0 Å². The summed E-state index contributed by atoms with van der Waals surface area (Å²) >= 11 is 0. The maximum absolute atomic E-state index is 12.5. The van der Waals surface area contributed by atoms with Crippen molar-refractivity contribution in [3.8, 4) is 5.88 Å². The minimum absolute atomic E-state index is 0.667. The summed E-state index contributed by atoms with van der Waals surface area (Å²) in [5.41, 5.74) is 0. The van der Waals surface area contributed by atoms with Gasteiger partial charge in [-0.3, -0.25) is 0 Å². The third-order valence-electron chi connectivity index (χ3n) is 1.43. The number of alkyl halides is 7. The highest BCUT2D eigenvalue weighted by molar-refractivity contribution is 5.06. The fourth-order valence-corrected chi connectivity index (χ4v) is 0.667. The molecule has 3 nitrogen and oxygen atoms in total. The van der Waals surface area contributed by atoms with Crippen LogP contribution in [0.25, 0.3) is 0 Å². The predicted molar refractivity (Wildman–Crippen MR) is 35.2 cm³/mol. The van der Waals surface area contributed by atoms with Gasteiger partial charge in [0, 0.05) is 6.07 Å². The summed E-state index contributed by atoms with van der Waals surface area (Å²) in [6, 6.07) is 0.667. The number of halogens is 7. The van der Waals surface area contributed by atoms with Gasteiger partial charge >= 0.3 is 18.2 Å². The fourth-order valence-electron chi connectivity index (χ4n) is 0.667. The van der Waals surface area contributed by atoms with Crippen molar-refractivity contribution in [2.24, 2.45) is 0 Å². The Bertz CT molecular complexity index is 344. The largest absolute Gasteiger partial charge is 0.475 e. The Kier molecular flexibility index (Phi) is 2.77. The van der Waals surface area contributed by atoms with Gasteiger partial charge in [-0.2, -0.15) is 35.8 Å². The number of ether oxygens (including phenoxy) is 1. The van der Waals surface area contributed by atoms with Crippen molar-refractivity contribution in [1.29, 1.82) is 0 Å². The van der Waals surface area contributed by atoms with Crippen LogP contribution in [0.1, 0.15) is 0 Å². The van der Waals surface area contributed by atoms with Crippen molar-refractivity contribution < 1.29 is 35.5 Å². The molecule has 0 aliphatic rings. The molecule has 0 radical (unpaired) electrons.